The third-order valence-electron chi connectivity index (χ3n) is 39.8. The van der Waals surface area contributed by atoms with E-state index in [9.17, 15) is 48.9 Å². The fraction of sp³-hybridized carbons (Fsp3) is 0.934. The molecule has 0 spiro atoms. The van der Waals surface area contributed by atoms with E-state index in [2.05, 4.69) is 157 Å². The molecular weight excluding hydrogens is 1810 g/mol. The van der Waals surface area contributed by atoms with Gasteiger partial charge in [-0.1, -0.05) is 159 Å². The maximum Gasteiger partial charge on any atom is 0.328 e. The Kier molecular flexibility index (Phi) is 28.6. The Morgan fingerprint density at radius 1 is 0.261 bits per heavy atom. The maximum atomic E-state index is 12.5. The van der Waals surface area contributed by atoms with E-state index in [0.717, 1.165) is 116 Å². The Morgan fingerprint density at radius 3 is 0.565 bits per heavy atom. The molecule has 32 heteroatoms. The Balaban J connectivity index is 0.000000122. The highest BCUT2D eigenvalue weighted by Gasteiger charge is 2.79. The first-order valence-electron chi connectivity index (χ1n) is 52.4. The van der Waals surface area contributed by atoms with Gasteiger partial charge in [0.15, 0.2) is 40.5 Å². The fourth-order valence-electron chi connectivity index (χ4n) is 32.9. The van der Waals surface area contributed by atoms with Gasteiger partial charge in [0.05, 0.1) is 87.7 Å². The van der Waals surface area contributed by atoms with Gasteiger partial charge in [0.1, 0.15) is 39.2 Å². The van der Waals surface area contributed by atoms with E-state index < -0.39 is 97.6 Å². The van der Waals surface area contributed by atoms with Gasteiger partial charge in [-0.25, -0.2) is 0 Å². The quantitative estimate of drug-likeness (QED) is 0.0276. The van der Waals surface area contributed by atoms with Crippen LogP contribution in [0.5, 0.6) is 0 Å². The van der Waals surface area contributed by atoms with Crippen molar-refractivity contribution >= 4 is 67.3 Å². The molecule has 7 aliphatic heterocycles. The highest BCUT2D eigenvalue weighted by Crippen LogP contribution is 2.76. The minimum absolute atomic E-state index is 0.0262. The third kappa shape index (κ3) is 18.8. The van der Waals surface area contributed by atoms with Crippen molar-refractivity contribution < 1.29 is 125 Å². The van der Waals surface area contributed by atoms with Gasteiger partial charge in [-0.2, -0.15) is 0 Å². The zero-order chi connectivity index (χ0) is 102. The molecule has 138 heavy (non-hydrogen) atoms. The molecule has 7 saturated heterocycles. The fourth-order valence-corrected chi connectivity index (χ4v) is 33.1. The molecule has 28 aliphatic rings. The summed E-state index contributed by atoms with van der Waals surface area (Å²) in [5, 5.41) is 33.9. The van der Waals surface area contributed by atoms with Gasteiger partial charge >= 0.3 is 29.8 Å². The predicted molar refractivity (Wildman–Crippen MR) is 517 cm³/mol. The first-order valence-corrected chi connectivity index (χ1v) is 53.3. The zero-order valence-electron chi connectivity index (χ0n) is 88.8. The monoisotopic (exact) mass is 1980 g/mol. The summed E-state index contributed by atoms with van der Waals surface area (Å²) in [6.07, 6.45) is 20.1. The second-order valence-electron chi connectivity index (χ2n) is 53.2. The molecule has 21 aliphatic carbocycles. The molecule has 28 atom stereocenters. The lowest BCUT2D eigenvalue weighted by Crippen LogP contribution is -2.67. The summed E-state index contributed by atoms with van der Waals surface area (Å²) in [5.41, 5.74) is -2.43. The number of rotatable bonds is 22. The molecule has 28 fully saturated rings. The van der Waals surface area contributed by atoms with E-state index in [1.165, 1.54) is 12.8 Å². The van der Waals surface area contributed by atoms with Gasteiger partial charge < -0.3 is 102 Å². The Morgan fingerprint density at radius 2 is 0.420 bits per heavy atom. The lowest BCUT2D eigenvalue weighted by molar-refractivity contribution is -0.235. The number of unbranched alkanes of at least 4 members (excludes halogenated alkanes) is 2. The summed E-state index contributed by atoms with van der Waals surface area (Å²) in [5.74, 6) is -0.244. The van der Waals surface area contributed by atoms with E-state index >= 15 is 0 Å². The van der Waals surface area contributed by atoms with Gasteiger partial charge in [0.2, 0.25) is 11.8 Å². The van der Waals surface area contributed by atoms with E-state index in [0.29, 0.717) is 95.7 Å². The lowest BCUT2D eigenvalue weighted by atomic mass is 9.43. The molecule has 28 rings (SSSR count). The average Bonchev–Trinajstić information content (AvgIpc) is 1.49. The molecule has 14 bridgehead atoms. The van der Waals surface area contributed by atoms with Gasteiger partial charge in [-0.15, -0.1) is 0 Å². The number of aliphatic carboxylic acids is 3. The third-order valence-corrected chi connectivity index (χ3v) is 40.0. The first-order chi connectivity index (χ1) is 63.4. The second-order valence-corrected chi connectivity index (χ2v) is 53.6. The average molecular weight is 1980 g/mol. The molecule has 7 N–H and O–H groups in total. The van der Waals surface area contributed by atoms with Crippen LogP contribution in [0.15, 0.2) is 0 Å². The predicted octanol–water partition coefficient (Wildman–Crippen LogP) is 18.2. The van der Waals surface area contributed by atoms with E-state index in [4.69, 9.17) is 76.0 Å². The number of carbonyl (C=O) groups is 7. The molecule has 786 valence electrons. The smallest absolute Gasteiger partial charge is 0.328 e. The van der Waals surface area contributed by atoms with Crippen LogP contribution in [0.25, 0.3) is 0 Å². The SMILES string of the molecule is CC1(C)OC2CC3CC(C3(C)C)[C@@]2(CC(=O)O)O1.CC1(C)OC2CC3CC(C3(C)C)[C@@]2(CC(=O)O)O1.CC1(C)OC2CC3CC(C3(C)C)[C@@]2(CC(=O)O)O1.CC1(C)OC2CC3CC(C3(C)C)[C@@]2(CC(=O)ONS)O1.CC1(C)OC2CC3CC(C3(C)C)[C@@]2(CC(=O)ONS)O1.CCCCNC(=O)C[C@]12OC(C)(C)OC1CC1CC2C1(C)C.CCCCNC(=O)C[C@]12OC(C)(C)OC1CC1CC2C1(C)C. The van der Waals surface area contributed by atoms with Crippen LogP contribution in [0.3, 0.4) is 0 Å². The molecule has 21 saturated carbocycles. The molecular formula is C106H174N4O26S2. The highest BCUT2D eigenvalue weighted by molar-refractivity contribution is 7.78. The van der Waals surface area contributed by atoms with Crippen LogP contribution < -0.4 is 20.4 Å². The number of nitrogens with one attached hydrogen (secondary N) is 4. The van der Waals surface area contributed by atoms with Crippen molar-refractivity contribution in [3.8, 4) is 0 Å². The summed E-state index contributed by atoms with van der Waals surface area (Å²) in [6, 6.07) is 0. The van der Waals surface area contributed by atoms with Crippen molar-refractivity contribution in [2.75, 3.05) is 13.1 Å². The molecule has 2 amide bonds. The number of carboxylic acid groups (broad SMARTS) is 3. The largest absolute Gasteiger partial charge is 0.481 e. The highest BCUT2D eigenvalue weighted by atomic mass is 32.1. The zero-order valence-corrected chi connectivity index (χ0v) is 90.6. The van der Waals surface area contributed by atoms with E-state index in [1.54, 1.807) is 0 Å². The van der Waals surface area contributed by atoms with Crippen LogP contribution in [0.4, 0.5) is 0 Å². The topological polar surface area (TPSA) is 376 Å². The summed E-state index contributed by atoms with van der Waals surface area (Å²) in [7, 11) is 0. The lowest BCUT2D eigenvalue weighted by Gasteiger charge is -2.64. The van der Waals surface area contributed by atoms with E-state index in [1.807, 2.05) is 96.9 Å². The van der Waals surface area contributed by atoms with Crippen LogP contribution in [-0.2, 0) is 110 Å². The van der Waals surface area contributed by atoms with E-state index in [-0.39, 0.29) is 136 Å². The number of amides is 2. The number of ether oxygens (including phenoxy) is 14. The maximum absolute atomic E-state index is 12.5. The number of hydrogen-bond acceptors (Lipinski definition) is 27. The summed E-state index contributed by atoms with van der Waals surface area (Å²) in [4.78, 5) is 96.5. The van der Waals surface area contributed by atoms with Gasteiger partial charge in [0.25, 0.3) is 0 Å². The molecule has 7 heterocycles. The molecule has 0 radical (unpaired) electrons. The number of carbonyl (C=O) groups excluding carboxylic acids is 4. The van der Waals surface area contributed by atoms with Crippen LogP contribution in [0.2, 0.25) is 0 Å². The van der Waals surface area contributed by atoms with Gasteiger partial charge in [-0.05, 0) is 320 Å². The van der Waals surface area contributed by atoms with Crippen LogP contribution in [-0.4, -0.2) is 193 Å². The second kappa shape index (κ2) is 36.4. The van der Waals surface area contributed by atoms with Crippen molar-refractivity contribution in [2.24, 2.45) is 121 Å². The van der Waals surface area contributed by atoms with Crippen LogP contribution in [0, 0.1) is 121 Å². The Labute approximate surface area is 832 Å². The van der Waals surface area contributed by atoms with Crippen molar-refractivity contribution in [1.29, 1.82) is 0 Å². The summed E-state index contributed by atoms with van der Waals surface area (Å²) < 4.78 is 86.1. The minimum atomic E-state index is -0.789. The first kappa shape index (κ1) is 109. The number of hydrogen-bond donors (Lipinski definition) is 9. The molecule has 21 unspecified atom stereocenters. The van der Waals surface area contributed by atoms with Gasteiger partial charge in [0, 0.05) is 13.1 Å². The Hall–Kier alpha value is -3.65. The van der Waals surface area contributed by atoms with Crippen molar-refractivity contribution in [3.05, 3.63) is 0 Å². The summed E-state index contributed by atoms with van der Waals surface area (Å²) in [6.45, 7) is 64.5. The van der Waals surface area contributed by atoms with Crippen molar-refractivity contribution in [1.82, 2.24) is 20.4 Å². The number of thiol groups is 2. The van der Waals surface area contributed by atoms with Crippen LogP contribution in [0.1, 0.15) is 368 Å². The van der Waals surface area contributed by atoms with Crippen molar-refractivity contribution in [2.45, 2.75) is 491 Å². The molecule has 30 nitrogen and oxygen atoms in total. The van der Waals surface area contributed by atoms with Crippen molar-refractivity contribution in [3.63, 3.8) is 0 Å². The minimum Gasteiger partial charge on any atom is -0.481 e. The molecule has 0 aromatic rings. The van der Waals surface area contributed by atoms with Gasteiger partial charge in [-0.3, -0.25) is 33.6 Å². The van der Waals surface area contributed by atoms with Crippen LogP contribution >= 0.6 is 25.6 Å². The molecule has 0 aromatic carbocycles. The molecule has 0 aromatic heterocycles. The normalized spacial score (nSPS) is 44.1. The Bertz CT molecular complexity index is 4220. The number of carboxylic acids is 3. The summed E-state index contributed by atoms with van der Waals surface area (Å²) >= 11 is 7.42. The standard InChI is InChI=1S/2C18H31NO3.2C14H23NO4S.3C14H22O4/c2*1-6-7-8-19-15(20)11-18-13-9-12(16(13,2)3)10-14(18)21-17(4,5)22-18;2*1-12(2)8-5-9(12)14(7-11(16)18-15-20)10(6-8)17-13(3,4)19-14;3*1-12(2)8-5-9(12)14(7-11(15)16)10(6-8)17-13(3,4)18-14/h2*12-14H,6-11H2,1-5H3,(H,19,20);2*8-10,15,20H,5-7H2,1-4H3;3*8-10H,5-7H2,1-4H3,(H,15,16)/t2*12?,13?,14?,18-;5*8?,9?,10?,14-/m1111111/s1.